The van der Waals surface area contributed by atoms with Crippen molar-refractivity contribution >= 4 is 22.8 Å². The molecule has 10 heteroatoms. The van der Waals surface area contributed by atoms with Crippen LogP contribution in [0.15, 0.2) is 82.7 Å². The summed E-state index contributed by atoms with van der Waals surface area (Å²) in [6, 6.07) is 21.5. The van der Waals surface area contributed by atoms with Gasteiger partial charge in [-0.15, -0.1) is 0 Å². The highest BCUT2D eigenvalue weighted by Gasteiger charge is 2.23. The number of fused-ring (bicyclic) bond motifs is 1. The minimum atomic E-state index is -0.533. The van der Waals surface area contributed by atoms with Crippen LogP contribution in [0.3, 0.4) is 0 Å². The Morgan fingerprint density at radius 2 is 1.73 bits per heavy atom. The molecule has 0 amide bonds. The number of nitro groups is 1. The lowest BCUT2D eigenvalue weighted by molar-refractivity contribution is -0.386. The molecule has 230 valence electrons. The highest BCUT2D eigenvalue weighted by Crippen LogP contribution is 2.39. The van der Waals surface area contributed by atoms with E-state index in [1.165, 1.54) is 24.1 Å². The lowest BCUT2D eigenvalue weighted by atomic mass is 9.96. The molecule has 0 saturated carbocycles. The molecule has 5 aromatic rings. The summed E-state index contributed by atoms with van der Waals surface area (Å²) in [6.07, 6.45) is 1.38. The summed E-state index contributed by atoms with van der Waals surface area (Å²) >= 11 is 0. The highest BCUT2D eigenvalue weighted by molar-refractivity contribution is 5.84. The van der Waals surface area contributed by atoms with Gasteiger partial charge in [0.05, 0.1) is 36.3 Å². The fourth-order valence-corrected chi connectivity index (χ4v) is 5.17. The second kappa shape index (κ2) is 13.0. The fraction of sp³-hybridized carbons (Fsp3) is 0.229. The Morgan fingerprint density at radius 3 is 2.42 bits per heavy atom. The number of ether oxygens (including phenoxy) is 3. The molecule has 0 fully saturated rings. The zero-order valence-electron chi connectivity index (χ0n) is 26.0. The molecule has 5 rings (SSSR count). The molecule has 0 bridgehead atoms. The Morgan fingerprint density at radius 1 is 0.978 bits per heavy atom. The number of rotatable bonds is 10. The molecule has 0 spiro atoms. The van der Waals surface area contributed by atoms with Crippen LogP contribution in [0.5, 0.6) is 17.2 Å². The monoisotopic (exact) mass is 606 g/mol. The summed E-state index contributed by atoms with van der Waals surface area (Å²) in [5.41, 5.74) is 4.61. The molecule has 10 nitrogen and oxygen atoms in total. The van der Waals surface area contributed by atoms with E-state index >= 15 is 0 Å². The first kappa shape index (κ1) is 30.9. The molecule has 0 aliphatic carbocycles. The van der Waals surface area contributed by atoms with Gasteiger partial charge in [0.15, 0.2) is 11.6 Å². The van der Waals surface area contributed by atoms with E-state index in [4.69, 9.17) is 19.2 Å². The van der Waals surface area contributed by atoms with Crippen molar-refractivity contribution in [2.45, 2.75) is 40.2 Å². The normalized spacial score (nSPS) is 11.4. The van der Waals surface area contributed by atoms with Crippen LogP contribution in [0.25, 0.3) is 22.3 Å². The zero-order chi connectivity index (χ0) is 32.2. The number of hydrogen-bond donors (Lipinski definition) is 0. The average Bonchev–Trinajstić information content (AvgIpc) is 3.02. The van der Waals surface area contributed by atoms with Gasteiger partial charge in [-0.05, 0) is 66.8 Å². The minimum Gasteiger partial charge on any atom is -0.496 e. The number of nitrogens with zero attached hydrogens (tertiary/aromatic N) is 4. The number of hydrogen-bond acceptors (Lipinski definition) is 8. The first-order valence-corrected chi connectivity index (χ1v) is 14.4. The predicted octanol–water partition coefficient (Wildman–Crippen LogP) is 7.19. The Hall–Kier alpha value is -5.51. The van der Waals surface area contributed by atoms with Crippen LogP contribution in [0.1, 0.15) is 47.6 Å². The van der Waals surface area contributed by atoms with E-state index in [1.807, 2.05) is 56.3 Å². The lowest BCUT2D eigenvalue weighted by Crippen LogP contribution is -2.21. The standard InChI is InChI=1S/C35H34N4O6/c1-21(2)27-18-28(23(4)15-31(27)43-5)34-37-29-13-8-7-12-26(29)35(40)38(34)36-19-25-16-30(39(41)42)33(32(17-25)44-6)45-20-24-11-9-10-22(3)14-24/h7-19,21H,20H2,1-6H3. The van der Waals surface area contributed by atoms with Gasteiger partial charge in [-0.1, -0.05) is 55.8 Å². The van der Waals surface area contributed by atoms with Crippen molar-refractivity contribution < 1.29 is 19.1 Å². The van der Waals surface area contributed by atoms with E-state index < -0.39 is 4.92 Å². The van der Waals surface area contributed by atoms with E-state index in [2.05, 4.69) is 18.9 Å². The van der Waals surface area contributed by atoms with Crippen LogP contribution < -0.4 is 19.8 Å². The molecule has 0 aliphatic rings. The molecule has 0 N–H and O–H groups in total. The zero-order valence-corrected chi connectivity index (χ0v) is 26.0. The maximum Gasteiger partial charge on any atom is 0.315 e. The predicted molar refractivity (Wildman–Crippen MR) is 175 cm³/mol. The van der Waals surface area contributed by atoms with Gasteiger partial charge in [0.25, 0.3) is 5.56 Å². The Bertz CT molecular complexity index is 2000. The van der Waals surface area contributed by atoms with Gasteiger partial charge in [-0.3, -0.25) is 14.9 Å². The second-order valence-corrected chi connectivity index (χ2v) is 11.0. The number of methoxy groups -OCH3 is 2. The Labute approximate surface area is 260 Å². The highest BCUT2D eigenvalue weighted by atomic mass is 16.6. The van der Waals surface area contributed by atoms with Crippen LogP contribution in [-0.4, -0.2) is 35.0 Å². The third-order valence-electron chi connectivity index (χ3n) is 7.46. The largest absolute Gasteiger partial charge is 0.496 e. The minimum absolute atomic E-state index is 0.00135. The first-order valence-electron chi connectivity index (χ1n) is 14.4. The van der Waals surface area contributed by atoms with E-state index in [-0.39, 0.29) is 35.3 Å². The summed E-state index contributed by atoms with van der Waals surface area (Å²) in [5, 5.41) is 17.1. The van der Waals surface area contributed by atoms with Crippen molar-refractivity contribution in [2.24, 2.45) is 5.10 Å². The summed E-state index contributed by atoms with van der Waals surface area (Å²) in [5.74, 6) is 1.38. The SMILES string of the molecule is COc1cc(C)c(-c2nc3ccccc3c(=O)n2N=Cc2cc(OC)c(OCc3cccc(C)c3)c([N+](=O)[O-])c2)cc1C(C)C. The van der Waals surface area contributed by atoms with Gasteiger partial charge in [0.2, 0.25) is 5.75 Å². The van der Waals surface area contributed by atoms with E-state index in [0.29, 0.717) is 27.9 Å². The summed E-state index contributed by atoms with van der Waals surface area (Å²) in [4.78, 5) is 30.3. The van der Waals surface area contributed by atoms with Gasteiger partial charge < -0.3 is 14.2 Å². The number of aromatic nitrogens is 2. The molecule has 1 aromatic heterocycles. The third kappa shape index (κ3) is 6.40. The molecular formula is C35H34N4O6. The maximum atomic E-state index is 13.8. The summed E-state index contributed by atoms with van der Waals surface area (Å²) in [6.45, 7) is 8.12. The molecule has 1 heterocycles. The van der Waals surface area contributed by atoms with Crippen molar-refractivity contribution in [3.05, 3.63) is 121 Å². The molecular weight excluding hydrogens is 572 g/mol. The Kier molecular flexibility index (Phi) is 8.94. The number of para-hydroxylation sites is 1. The molecule has 0 radical (unpaired) electrons. The number of nitro benzene ring substituents is 1. The summed E-state index contributed by atoms with van der Waals surface area (Å²) in [7, 11) is 3.04. The van der Waals surface area contributed by atoms with Gasteiger partial charge >= 0.3 is 5.69 Å². The number of benzene rings is 4. The Balaban J connectivity index is 1.63. The molecule has 0 aliphatic heterocycles. The fourth-order valence-electron chi connectivity index (χ4n) is 5.17. The van der Waals surface area contributed by atoms with Crippen LogP contribution in [0.2, 0.25) is 0 Å². The van der Waals surface area contributed by atoms with E-state index in [1.54, 1.807) is 31.4 Å². The lowest BCUT2D eigenvalue weighted by Gasteiger charge is -2.17. The molecule has 0 unspecified atom stereocenters. The van der Waals surface area contributed by atoms with Crippen molar-refractivity contribution in [1.29, 1.82) is 0 Å². The van der Waals surface area contributed by atoms with Crippen molar-refractivity contribution in [3.63, 3.8) is 0 Å². The third-order valence-corrected chi connectivity index (χ3v) is 7.46. The van der Waals surface area contributed by atoms with E-state index in [9.17, 15) is 14.9 Å². The van der Waals surface area contributed by atoms with Crippen molar-refractivity contribution in [2.75, 3.05) is 14.2 Å². The smallest absolute Gasteiger partial charge is 0.315 e. The van der Waals surface area contributed by atoms with Crippen molar-refractivity contribution in [3.8, 4) is 28.6 Å². The van der Waals surface area contributed by atoms with Crippen molar-refractivity contribution in [1.82, 2.24) is 9.66 Å². The number of aryl methyl sites for hydroxylation is 2. The van der Waals surface area contributed by atoms with Gasteiger partial charge in [-0.2, -0.15) is 9.78 Å². The van der Waals surface area contributed by atoms with Crippen LogP contribution in [0, 0.1) is 24.0 Å². The first-order chi connectivity index (χ1) is 21.6. The van der Waals surface area contributed by atoms with Crippen LogP contribution in [-0.2, 0) is 6.61 Å². The quantitative estimate of drug-likeness (QED) is 0.0938. The molecule has 0 atom stereocenters. The topological polar surface area (TPSA) is 118 Å². The second-order valence-electron chi connectivity index (χ2n) is 11.0. The van der Waals surface area contributed by atoms with Crippen LogP contribution in [0.4, 0.5) is 5.69 Å². The van der Waals surface area contributed by atoms with Gasteiger partial charge in [0.1, 0.15) is 12.4 Å². The molecule has 4 aromatic carbocycles. The van der Waals surface area contributed by atoms with Gasteiger partial charge in [0, 0.05) is 17.2 Å². The van der Waals surface area contributed by atoms with Gasteiger partial charge in [-0.25, -0.2) is 4.98 Å². The maximum absolute atomic E-state index is 13.8. The summed E-state index contributed by atoms with van der Waals surface area (Å²) < 4.78 is 18.2. The molecule has 45 heavy (non-hydrogen) atoms. The van der Waals surface area contributed by atoms with Crippen LogP contribution >= 0.6 is 0 Å². The van der Waals surface area contributed by atoms with E-state index in [0.717, 1.165) is 28.0 Å². The average molecular weight is 607 g/mol. The molecule has 0 saturated heterocycles.